The first-order valence-electron chi connectivity index (χ1n) is 8.47. The Hall–Kier alpha value is -5.94. The van der Waals surface area contributed by atoms with E-state index in [4.69, 9.17) is 40.9 Å². The van der Waals surface area contributed by atoms with Crippen LogP contribution in [0.4, 0.5) is 0 Å². The van der Waals surface area contributed by atoms with Gasteiger partial charge in [-0.15, -0.1) is 0 Å². The Bertz CT molecular complexity index is 1060. The van der Waals surface area contributed by atoms with Gasteiger partial charge < -0.3 is 40.9 Å². The summed E-state index contributed by atoms with van der Waals surface area (Å²) in [6, 6.07) is 0.898. The van der Waals surface area contributed by atoms with Crippen molar-refractivity contribution in [3.63, 3.8) is 0 Å². The van der Waals surface area contributed by atoms with Crippen molar-refractivity contribution >= 4 is 47.8 Å². The molecule has 0 aliphatic carbocycles. The molecule has 0 atom stereocenters. The number of carboxylic acid groups (broad SMARTS) is 8. The highest BCUT2D eigenvalue weighted by atomic mass is 16.4. The number of hydrogen-bond acceptors (Lipinski definition) is 10. The maximum Gasteiger partial charge on any atom is 0.355 e. The van der Waals surface area contributed by atoms with Gasteiger partial charge in [-0.2, -0.15) is 0 Å². The van der Waals surface area contributed by atoms with Gasteiger partial charge in [0.15, 0.2) is 22.8 Å². The third-order valence-electron chi connectivity index (χ3n) is 3.78. The fourth-order valence-corrected chi connectivity index (χ4v) is 2.33. The predicted molar refractivity (Wildman–Crippen MR) is 104 cm³/mol. The van der Waals surface area contributed by atoms with E-state index < -0.39 is 92.8 Å². The first kappa shape index (κ1) is 28.1. The molecule has 2 rings (SSSR count). The zero-order valence-corrected chi connectivity index (χ0v) is 16.9. The third-order valence-corrected chi connectivity index (χ3v) is 3.78. The van der Waals surface area contributed by atoms with Crippen LogP contribution >= 0.6 is 0 Å². The summed E-state index contributed by atoms with van der Waals surface area (Å²) in [7, 11) is 0. The summed E-state index contributed by atoms with van der Waals surface area (Å²) in [5.74, 6) is -14.0. The van der Waals surface area contributed by atoms with Crippen molar-refractivity contribution in [3.05, 3.63) is 57.2 Å². The largest absolute Gasteiger partial charge is 0.478 e. The minimum Gasteiger partial charge on any atom is -0.478 e. The molecule has 0 spiro atoms. The van der Waals surface area contributed by atoms with E-state index in [0.717, 1.165) is 0 Å². The molecule has 18 heteroatoms. The first-order chi connectivity index (χ1) is 16.5. The minimum absolute atomic E-state index is 0.449. The van der Waals surface area contributed by atoms with Gasteiger partial charge in [0.25, 0.3) is 0 Å². The van der Waals surface area contributed by atoms with E-state index in [0.29, 0.717) is 12.1 Å². The lowest BCUT2D eigenvalue weighted by Gasteiger charge is -2.05. The molecular formula is C18H10N2O16. The summed E-state index contributed by atoms with van der Waals surface area (Å²) in [6.45, 7) is 0. The Morgan fingerprint density at radius 2 is 0.528 bits per heavy atom. The van der Waals surface area contributed by atoms with Crippen LogP contribution in [0.3, 0.4) is 0 Å². The zero-order chi connectivity index (χ0) is 28.1. The average molecular weight is 510 g/mol. The number of pyridine rings is 2. The Morgan fingerprint density at radius 1 is 0.361 bits per heavy atom. The fraction of sp³-hybridized carbons (Fsp3) is 0. The van der Waals surface area contributed by atoms with Gasteiger partial charge in [0.05, 0.1) is 22.3 Å². The van der Waals surface area contributed by atoms with E-state index in [1.54, 1.807) is 0 Å². The molecule has 2 aromatic heterocycles. The SMILES string of the molecule is O=C(O)c1cc(C(=O)O)c(C(=O)O)nc1C(=O)O.O=C(O)c1cc(C(=O)O)c(C(=O)O)nc1C(=O)O. The van der Waals surface area contributed by atoms with E-state index in [2.05, 4.69) is 9.97 Å². The van der Waals surface area contributed by atoms with Crippen molar-refractivity contribution in [1.82, 2.24) is 9.97 Å². The van der Waals surface area contributed by atoms with E-state index in [9.17, 15) is 38.4 Å². The molecule has 2 aromatic rings. The third kappa shape index (κ3) is 6.10. The van der Waals surface area contributed by atoms with Crippen LogP contribution in [-0.4, -0.2) is 98.6 Å². The smallest absolute Gasteiger partial charge is 0.355 e. The van der Waals surface area contributed by atoms with Gasteiger partial charge in [-0.25, -0.2) is 48.3 Å². The van der Waals surface area contributed by atoms with Crippen molar-refractivity contribution in [1.29, 1.82) is 0 Å². The predicted octanol–water partition coefficient (Wildman–Crippen LogP) is -0.251. The van der Waals surface area contributed by atoms with Gasteiger partial charge in [-0.1, -0.05) is 0 Å². The van der Waals surface area contributed by atoms with Crippen LogP contribution in [0.5, 0.6) is 0 Å². The summed E-state index contributed by atoms with van der Waals surface area (Å²) in [5.41, 5.74) is -7.74. The molecule has 0 fully saturated rings. The Balaban J connectivity index is 0.000000360. The van der Waals surface area contributed by atoms with E-state index >= 15 is 0 Å². The molecule has 0 saturated carbocycles. The maximum absolute atomic E-state index is 10.7. The Kier molecular flexibility index (Phi) is 8.42. The molecule has 0 aromatic carbocycles. The summed E-state index contributed by atoms with van der Waals surface area (Å²) in [6.07, 6.45) is 0. The number of aromatic carboxylic acids is 8. The highest BCUT2D eigenvalue weighted by Gasteiger charge is 2.28. The van der Waals surface area contributed by atoms with Crippen molar-refractivity contribution in [2.75, 3.05) is 0 Å². The lowest BCUT2D eigenvalue weighted by atomic mass is 10.1. The molecule has 0 radical (unpaired) electrons. The fourth-order valence-electron chi connectivity index (χ4n) is 2.33. The lowest BCUT2D eigenvalue weighted by Crippen LogP contribution is -2.18. The number of hydrogen-bond donors (Lipinski definition) is 8. The maximum atomic E-state index is 10.7. The van der Waals surface area contributed by atoms with Gasteiger partial charge >= 0.3 is 47.8 Å². The van der Waals surface area contributed by atoms with E-state index in [1.165, 1.54) is 0 Å². The van der Waals surface area contributed by atoms with Gasteiger partial charge in [-0.05, 0) is 12.1 Å². The minimum atomic E-state index is -1.77. The second-order valence-corrected chi connectivity index (χ2v) is 6.00. The van der Waals surface area contributed by atoms with E-state index in [1.807, 2.05) is 0 Å². The van der Waals surface area contributed by atoms with Crippen LogP contribution in [0.2, 0.25) is 0 Å². The highest BCUT2D eigenvalue weighted by Crippen LogP contribution is 2.16. The number of aromatic nitrogens is 2. The van der Waals surface area contributed by atoms with Crippen LogP contribution in [-0.2, 0) is 0 Å². The molecule has 188 valence electrons. The summed E-state index contributed by atoms with van der Waals surface area (Å²) in [5, 5.41) is 69.6. The molecular weight excluding hydrogens is 500 g/mol. The normalized spacial score (nSPS) is 9.78. The van der Waals surface area contributed by atoms with Gasteiger partial charge in [0.2, 0.25) is 0 Å². The van der Waals surface area contributed by atoms with Crippen molar-refractivity contribution in [3.8, 4) is 0 Å². The number of nitrogens with zero attached hydrogens (tertiary/aromatic N) is 2. The number of carboxylic acids is 8. The van der Waals surface area contributed by atoms with Crippen LogP contribution in [0.15, 0.2) is 12.1 Å². The molecule has 0 aliphatic heterocycles. The number of rotatable bonds is 8. The molecule has 18 nitrogen and oxygen atoms in total. The van der Waals surface area contributed by atoms with Gasteiger partial charge in [0, 0.05) is 0 Å². The second-order valence-electron chi connectivity index (χ2n) is 6.00. The van der Waals surface area contributed by atoms with Crippen LogP contribution < -0.4 is 0 Å². The first-order valence-corrected chi connectivity index (χ1v) is 8.47. The highest BCUT2D eigenvalue weighted by molar-refractivity contribution is 6.07. The molecule has 0 saturated heterocycles. The Morgan fingerprint density at radius 3 is 0.639 bits per heavy atom. The molecule has 0 unspecified atom stereocenters. The van der Waals surface area contributed by atoms with Crippen molar-refractivity contribution in [2.24, 2.45) is 0 Å². The van der Waals surface area contributed by atoms with Crippen molar-refractivity contribution < 1.29 is 79.2 Å². The summed E-state index contributed by atoms with van der Waals surface area (Å²) in [4.78, 5) is 91.9. The number of carbonyl (C=O) groups is 8. The molecule has 0 amide bonds. The van der Waals surface area contributed by atoms with Gasteiger partial charge in [0.1, 0.15) is 0 Å². The molecule has 2 heterocycles. The topological polar surface area (TPSA) is 324 Å². The van der Waals surface area contributed by atoms with E-state index in [-0.39, 0.29) is 0 Å². The van der Waals surface area contributed by atoms with Crippen molar-refractivity contribution in [2.45, 2.75) is 0 Å². The van der Waals surface area contributed by atoms with Crippen LogP contribution in [0.25, 0.3) is 0 Å². The molecule has 0 bridgehead atoms. The standard InChI is InChI=1S/2C9H5NO8/c2*11-6(12)2-1-3(7(13)14)5(9(17)18)10-4(2)8(15)16/h2*1H,(H,11,12)(H,13,14)(H,15,16)(H,17,18). The average Bonchev–Trinajstić information content (AvgIpc) is 2.76. The van der Waals surface area contributed by atoms with Crippen LogP contribution in [0, 0.1) is 0 Å². The molecule has 8 N–H and O–H groups in total. The molecule has 36 heavy (non-hydrogen) atoms. The summed E-state index contributed by atoms with van der Waals surface area (Å²) >= 11 is 0. The Labute approximate surface area is 194 Å². The van der Waals surface area contributed by atoms with Crippen LogP contribution in [0.1, 0.15) is 83.4 Å². The quantitative estimate of drug-likeness (QED) is 0.227. The second kappa shape index (κ2) is 10.8. The zero-order valence-electron chi connectivity index (χ0n) is 16.9. The summed E-state index contributed by atoms with van der Waals surface area (Å²) < 4.78 is 0. The lowest BCUT2D eigenvalue weighted by molar-refractivity contribution is 0.0626. The van der Waals surface area contributed by atoms with Gasteiger partial charge in [-0.3, -0.25) is 0 Å². The monoisotopic (exact) mass is 510 g/mol. The molecule has 0 aliphatic rings.